The lowest BCUT2D eigenvalue weighted by atomic mass is 10.00. The SMILES string of the molecule is CC(=O)c1c(C(=O)NC2CCOc3ccccc32)sc2c(-c3cc(Cl)cc(Cl)c3)cncc12. The first-order valence-electron chi connectivity index (χ1n) is 10.3. The van der Waals surface area contributed by atoms with Gasteiger partial charge in [0.25, 0.3) is 5.91 Å². The van der Waals surface area contributed by atoms with E-state index in [-0.39, 0.29) is 17.7 Å². The predicted octanol–water partition coefficient (Wildman–Crippen LogP) is 6.73. The summed E-state index contributed by atoms with van der Waals surface area (Å²) in [5.41, 5.74) is 2.83. The highest BCUT2D eigenvalue weighted by atomic mass is 35.5. The average Bonchev–Trinajstić information content (AvgIpc) is 3.19. The molecule has 0 aliphatic carbocycles. The molecule has 0 saturated heterocycles. The first-order chi connectivity index (χ1) is 15.9. The van der Waals surface area contributed by atoms with Crippen LogP contribution in [0.5, 0.6) is 5.75 Å². The molecule has 0 fully saturated rings. The van der Waals surface area contributed by atoms with Gasteiger partial charge < -0.3 is 10.1 Å². The maximum atomic E-state index is 13.4. The lowest BCUT2D eigenvalue weighted by molar-refractivity contribution is 0.0918. The van der Waals surface area contributed by atoms with E-state index < -0.39 is 0 Å². The molecule has 2 aromatic carbocycles. The lowest BCUT2D eigenvalue weighted by Gasteiger charge is -2.26. The quantitative estimate of drug-likeness (QED) is 0.318. The molecular formula is C25H18Cl2N2O3S. The Bertz CT molecular complexity index is 1400. The molecule has 8 heteroatoms. The number of rotatable bonds is 4. The Balaban J connectivity index is 1.59. The minimum atomic E-state index is -0.293. The van der Waals surface area contributed by atoms with Crippen LogP contribution in [0.1, 0.15) is 45.0 Å². The minimum absolute atomic E-state index is 0.193. The number of para-hydroxylation sites is 1. The fourth-order valence-corrected chi connectivity index (χ4v) is 5.94. The number of amides is 1. The first-order valence-corrected chi connectivity index (χ1v) is 11.9. The summed E-state index contributed by atoms with van der Waals surface area (Å²) in [6.45, 7) is 1.97. The van der Waals surface area contributed by atoms with Crippen molar-refractivity contribution in [1.29, 1.82) is 0 Å². The predicted molar refractivity (Wildman–Crippen MR) is 132 cm³/mol. The summed E-state index contributed by atoms with van der Waals surface area (Å²) in [6.07, 6.45) is 3.97. The molecule has 3 heterocycles. The van der Waals surface area contributed by atoms with Gasteiger partial charge in [0.15, 0.2) is 5.78 Å². The number of hydrogen-bond donors (Lipinski definition) is 1. The van der Waals surface area contributed by atoms with E-state index >= 15 is 0 Å². The molecule has 5 rings (SSSR count). The van der Waals surface area contributed by atoms with Crippen molar-refractivity contribution in [2.45, 2.75) is 19.4 Å². The third-order valence-electron chi connectivity index (χ3n) is 5.59. The highest BCUT2D eigenvalue weighted by molar-refractivity contribution is 7.22. The van der Waals surface area contributed by atoms with Crippen molar-refractivity contribution in [2.24, 2.45) is 0 Å². The summed E-state index contributed by atoms with van der Waals surface area (Å²) >= 11 is 13.7. The van der Waals surface area contributed by atoms with Gasteiger partial charge in [-0.1, -0.05) is 41.4 Å². The smallest absolute Gasteiger partial charge is 0.262 e. The number of halogens is 2. The highest BCUT2D eigenvalue weighted by Gasteiger charge is 2.28. The molecule has 2 aromatic heterocycles. The zero-order chi connectivity index (χ0) is 23.1. The number of ketones is 1. The minimum Gasteiger partial charge on any atom is -0.493 e. The van der Waals surface area contributed by atoms with Gasteiger partial charge in [0.2, 0.25) is 0 Å². The molecule has 0 radical (unpaired) electrons. The molecule has 4 aromatic rings. The van der Waals surface area contributed by atoms with Crippen LogP contribution in [0.25, 0.3) is 21.2 Å². The van der Waals surface area contributed by atoms with Crippen LogP contribution in [-0.2, 0) is 0 Å². The number of hydrogen-bond acceptors (Lipinski definition) is 5. The van der Waals surface area contributed by atoms with Gasteiger partial charge in [-0.25, -0.2) is 0 Å². The molecule has 1 unspecified atom stereocenters. The molecule has 0 spiro atoms. The van der Waals surface area contributed by atoms with Gasteiger partial charge in [0.05, 0.1) is 18.2 Å². The summed E-state index contributed by atoms with van der Waals surface area (Å²) in [5.74, 6) is 0.279. The van der Waals surface area contributed by atoms with Gasteiger partial charge in [0.1, 0.15) is 10.6 Å². The van der Waals surface area contributed by atoms with E-state index in [2.05, 4.69) is 10.3 Å². The second-order valence-electron chi connectivity index (χ2n) is 7.79. The number of nitrogens with one attached hydrogen (secondary N) is 1. The lowest BCUT2D eigenvalue weighted by Crippen LogP contribution is -2.32. The highest BCUT2D eigenvalue weighted by Crippen LogP contribution is 2.40. The van der Waals surface area contributed by atoms with Gasteiger partial charge in [-0.15, -0.1) is 11.3 Å². The number of Topliss-reactive ketones (excluding diaryl/α,β-unsaturated/α-hetero) is 1. The van der Waals surface area contributed by atoms with Crippen LogP contribution < -0.4 is 10.1 Å². The van der Waals surface area contributed by atoms with Gasteiger partial charge >= 0.3 is 0 Å². The Labute approximate surface area is 204 Å². The number of thiophene rings is 1. The average molecular weight is 497 g/mol. The summed E-state index contributed by atoms with van der Waals surface area (Å²) in [7, 11) is 0. The number of aromatic nitrogens is 1. The van der Waals surface area contributed by atoms with E-state index in [9.17, 15) is 9.59 Å². The molecular weight excluding hydrogens is 479 g/mol. The number of ether oxygens (including phenoxy) is 1. The molecule has 1 atom stereocenters. The van der Waals surface area contributed by atoms with Crippen LogP contribution in [0.3, 0.4) is 0 Å². The van der Waals surface area contributed by atoms with Crippen LogP contribution in [-0.4, -0.2) is 23.3 Å². The van der Waals surface area contributed by atoms with Crippen molar-refractivity contribution in [2.75, 3.05) is 6.61 Å². The molecule has 1 N–H and O–H groups in total. The summed E-state index contributed by atoms with van der Waals surface area (Å²) < 4.78 is 6.49. The third kappa shape index (κ3) is 4.10. The number of carbonyl (C=O) groups is 2. The van der Waals surface area contributed by atoms with Crippen molar-refractivity contribution in [3.05, 3.63) is 80.9 Å². The molecule has 0 saturated carbocycles. The fourth-order valence-electron chi connectivity index (χ4n) is 4.15. The van der Waals surface area contributed by atoms with Gasteiger partial charge in [-0.3, -0.25) is 14.6 Å². The standard InChI is InChI=1S/C25H18Cl2N2O3S/c1-13(30)22-19-12-28-11-18(14-8-15(26)10-16(27)9-14)23(19)33-24(22)25(31)29-20-6-7-32-21-5-3-2-4-17(20)21/h2-5,8-12,20H,6-7H2,1H3,(H,29,31). The van der Waals surface area contributed by atoms with E-state index in [4.69, 9.17) is 27.9 Å². The second-order valence-corrected chi connectivity index (χ2v) is 9.68. The topological polar surface area (TPSA) is 68.3 Å². The molecule has 1 amide bonds. The van der Waals surface area contributed by atoms with Gasteiger partial charge in [-0.2, -0.15) is 0 Å². The third-order valence-corrected chi connectivity index (χ3v) is 7.27. The molecule has 166 valence electrons. The molecule has 33 heavy (non-hydrogen) atoms. The van der Waals surface area contributed by atoms with Gasteiger partial charge in [-0.05, 0) is 36.8 Å². The van der Waals surface area contributed by atoms with Crippen LogP contribution in [0.15, 0.2) is 54.9 Å². The van der Waals surface area contributed by atoms with E-state index in [0.29, 0.717) is 38.9 Å². The maximum Gasteiger partial charge on any atom is 0.262 e. The number of carbonyl (C=O) groups excluding carboxylic acids is 2. The Morgan fingerprint density at radius 3 is 2.64 bits per heavy atom. The Morgan fingerprint density at radius 2 is 1.88 bits per heavy atom. The van der Waals surface area contributed by atoms with Crippen molar-refractivity contribution in [1.82, 2.24) is 10.3 Å². The number of fused-ring (bicyclic) bond motifs is 2. The summed E-state index contributed by atoms with van der Waals surface area (Å²) in [6, 6.07) is 12.7. The van der Waals surface area contributed by atoms with Crippen molar-refractivity contribution < 1.29 is 14.3 Å². The van der Waals surface area contributed by atoms with Crippen LogP contribution in [0, 0.1) is 0 Å². The van der Waals surface area contributed by atoms with Crippen LogP contribution in [0.4, 0.5) is 0 Å². The van der Waals surface area contributed by atoms with E-state index in [0.717, 1.165) is 27.1 Å². The monoisotopic (exact) mass is 496 g/mol. The Hall–Kier alpha value is -2.93. The molecule has 1 aliphatic heterocycles. The number of pyridine rings is 1. The van der Waals surface area contributed by atoms with Crippen LogP contribution >= 0.6 is 34.5 Å². The van der Waals surface area contributed by atoms with Crippen molar-refractivity contribution in [3.8, 4) is 16.9 Å². The largest absolute Gasteiger partial charge is 0.493 e. The van der Waals surface area contributed by atoms with E-state index in [1.807, 2.05) is 24.3 Å². The Morgan fingerprint density at radius 1 is 1.12 bits per heavy atom. The van der Waals surface area contributed by atoms with E-state index in [1.54, 1.807) is 30.6 Å². The molecule has 1 aliphatic rings. The van der Waals surface area contributed by atoms with Crippen molar-refractivity contribution >= 4 is 56.3 Å². The molecule has 0 bridgehead atoms. The van der Waals surface area contributed by atoms with Gasteiger partial charge in [0, 0.05) is 50.1 Å². The zero-order valence-corrected chi connectivity index (χ0v) is 19.9. The number of nitrogens with zero attached hydrogens (tertiary/aromatic N) is 1. The first kappa shape index (κ1) is 21.9. The van der Waals surface area contributed by atoms with Crippen molar-refractivity contribution in [3.63, 3.8) is 0 Å². The summed E-state index contributed by atoms with van der Waals surface area (Å²) in [4.78, 5) is 30.7. The fraction of sp³-hybridized carbons (Fsp3) is 0.160. The second kappa shape index (κ2) is 8.78. The maximum absolute atomic E-state index is 13.4. The molecule has 5 nitrogen and oxygen atoms in total. The normalized spacial score (nSPS) is 15.1. The zero-order valence-electron chi connectivity index (χ0n) is 17.5. The Kier molecular flexibility index (Phi) is 5.83. The number of benzene rings is 2. The van der Waals surface area contributed by atoms with Crippen LogP contribution in [0.2, 0.25) is 10.0 Å². The summed E-state index contributed by atoms with van der Waals surface area (Å²) in [5, 5.41) is 4.73. The van der Waals surface area contributed by atoms with E-state index in [1.165, 1.54) is 18.3 Å².